The number of para-hydroxylation sites is 3. The van der Waals surface area contributed by atoms with Crippen molar-refractivity contribution in [2.24, 2.45) is 0 Å². The minimum Gasteiger partial charge on any atom is -0.492 e. The number of hydrogen-bond acceptors (Lipinski definition) is 4. The fraction of sp³-hybridized carbons (Fsp3) is 0.100. The SMILES string of the molecule is CCOc1ccccc1NC(=O)c1cc(Nc2ccccc2)ccn1. The van der Waals surface area contributed by atoms with Gasteiger partial charge in [0.05, 0.1) is 12.3 Å². The topological polar surface area (TPSA) is 63.2 Å². The van der Waals surface area contributed by atoms with E-state index in [1.165, 1.54) is 0 Å². The number of rotatable bonds is 6. The first-order valence-corrected chi connectivity index (χ1v) is 8.07. The highest BCUT2D eigenvalue weighted by atomic mass is 16.5. The predicted octanol–water partition coefficient (Wildman–Crippen LogP) is 4.48. The van der Waals surface area contributed by atoms with Crippen LogP contribution in [-0.2, 0) is 0 Å². The molecule has 0 aliphatic rings. The van der Waals surface area contributed by atoms with Crippen LogP contribution in [0.2, 0.25) is 0 Å². The molecule has 126 valence electrons. The Morgan fingerprint density at radius 1 is 1.00 bits per heavy atom. The maximum absolute atomic E-state index is 12.5. The third-order valence-corrected chi connectivity index (χ3v) is 3.49. The molecule has 5 nitrogen and oxygen atoms in total. The molecule has 0 saturated heterocycles. The normalized spacial score (nSPS) is 10.1. The third-order valence-electron chi connectivity index (χ3n) is 3.49. The Kier molecular flexibility index (Phi) is 5.26. The third kappa shape index (κ3) is 4.35. The van der Waals surface area contributed by atoms with Crippen molar-refractivity contribution < 1.29 is 9.53 Å². The van der Waals surface area contributed by atoms with Crippen molar-refractivity contribution >= 4 is 23.0 Å². The first kappa shape index (κ1) is 16.5. The van der Waals surface area contributed by atoms with E-state index >= 15 is 0 Å². The summed E-state index contributed by atoms with van der Waals surface area (Å²) in [6.07, 6.45) is 1.61. The first-order valence-electron chi connectivity index (χ1n) is 8.07. The molecular formula is C20H19N3O2. The predicted molar refractivity (Wildman–Crippen MR) is 99.5 cm³/mol. The van der Waals surface area contributed by atoms with Gasteiger partial charge in [0, 0.05) is 17.6 Å². The summed E-state index contributed by atoms with van der Waals surface area (Å²) in [5, 5.41) is 6.10. The summed E-state index contributed by atoms with van der Waals surface area (Å²) in [6, 6.07) is 20.6. The van der Waals surface area contributed by atoms with Crippen LogP contribution in [0, 0.1) is 0 Å². The van der Waals surface area contributed by atoms with E-state index in [9.17, 15) is 4.79 Å². The summed E-state index contributed by atoms with van der Waals surface area (Å²) in [6.45, 7) is 2.43. The highest BCUT2D eigenvalue weighted by Crippen LogP contribution is 2.24. The Balaban J connectivity index is 1.76. The van der Waals surface area contributed by atoms with Crippen LogP contribution in [0.4, 0.5) is 17.1 Å². The number of benzene rings is 2. The van der Waals surface area contributed by atoms with Crippen LogP contribution in [-0.4, -0.2) is 17.5 Å². The zero-order chi connectivity index (χ0) is 17.5. The monoisotopic (exact) mass is 333 g/mol. The number of carbonyl (C=O) groups is 1. The Labute approximate surface area is 146 Å². The van der Waals surface area contributed by atoms with E-state index in [4.69, 9.17) is 4.74 Å². The number of aromatic nitrogens is 1. The van der Waals surface area contributed by atoms with E-state index < -0.39 is 0 Å². The largest absolute Gasteiger partial charge is 0.492 e. The zero-order valence-electron chi connectivity index (χ0n) is 13.9. The second-order valence-corrected chi connectivity index (χ2v) is 5.30. The highest BCUT2D eigenvalue weighted by molar-refractivity contribution is 6.04. The van der Waals surface area contributed by atoms with Crippen molar-refractivity contribution in [2.45, 2.75) is 6.92 Å². The maximum atomic E-state index is 12.5. The van der Waals surface area contributed by atoms with Gasteiger partial charge >= 0.3 is 0 Å². The molecule has 0 aliphatic heterocycles. The Morgan fingerprint density at radius 2 is 1.76 bits per heavy atom. The van der Waals surface area contributed by atoms with E-state index in [2.05, 4.69) is 15.6 Å². The van der Waals surface area contributed by atoms with Crippen LogP contribution < -0.4 is 15.4 Å². The van der Waals surface area contributed by atoms with Crippen LogP contribution in [0.1, 0.15) is 17.4 Å². The van der Waals surface area contributed by atoms with Gasteiger partial charge in [-0.3, -0.25) is 9.78 Å². The molecular weight excluding hydrogens is 314 g/mol. The summed E-state index contributed by atoms with van der Waals surface area (Å²) in [5.41, 5.74) is 2.69. The average molecular weight is 333 g/mol. The van der Waals surface area contributed by atoms with E-state index in [1.54, 1.807) is 18.3 Å². The van der Waals surface area contributed by atoms with Gasteiger partial charge in [-0.2, -0.15) is 0 Å². The lowest BCUT2D eigenvalue weighted by atomic mass is 10.2. The van der Waals surface area contributed by atoms with Crippen molar-refractivity contribution in [1.82, 2.24) is 4.98 Å². The molecule has 0 spiro atoms. The molecule has 5 heteroatoms. The van der Waals surface area contributed by atoms with Crippen LogP contribution >= 0.6 is 0 Å². The first-order chi connectivity index (χ1) is 12.3. The van der Waals surface area contributed by atoms with Gasteiger partial charge in [0.25, 0.3) is 5.91 Å². The number of nitrogens with one attached hydrogen (secondary N) is 2. The molecule has 0 fully saturated rings. The minimum absolute atomic E-state index is 0.288. The van der Waals surface area contributed by atoms with Crippen molar-refractivity contribution in [1.29, 1.82) is 0 Å². The lowest BCUT2D eigenvalue weighted by Gasteiger charge is -2.11. The van der Waals surface area contributed by atoms with E-state index in [-0.39, 0.29) is 5.91 Å². The van der Waals surface area contributed by atoms with Crippen molar-refractivity contribution in [2.75, 3.05) is 17.2 Å². The van der Waals surface area contributed by atoms with Crippen LogP contribution in [0.3, 0.4) is 0 Å². The van der Waals surface area contributed by atoms with Gasteiger partial charge in [-0.05, 0) is 43.3 Å². The maximum Gasteiger partial charge on any atom is 0.274 e. The molecule has 1 amide bonds. The van der Waals surface area contributed by atoms with Crippen LogP contribution in [0.25, 0.3) is 0 Å². The highest BCUT2D eigenvalue weighted by Gasteiger charge is 2.11. The fourth-order valence-electron chi connectivity index (χ4n) is 2.36. The van der Waals surface area contributed by atoms with E-state index in [0.717, 1.165) is 11.4 Å². The number of pyridine rings is 1. The van der Waals surface area contributed by atoms with Crippen LogP contribution in [0.15, 0.2) is 72.9 Å². The summed E-state index contributed by atoms with van der Waals surface area (Å²) in [5.74, 6) is 0.348. The molecule has 1 aromatic heterocycles. The van der Waals surface area contributed by atoms with E-state index in [1.807, 2.05) is 61.5 Å². The van der Waals surface area contributed by atoms with Crippen LogP contribution in [0.5, 0.6) is 5.75 Å². The molecule has 25 heavy (non-hydrogen) atoms. The number of amides is 1. The number of hydrogen-bond donors (Lipinski definition) is 2. The molecule has 2 aromatic carbocycles. The number of anilines is 3. The zero-order valence-corrected chi connectivity index (χ0v) is 13.9. The van der Waals surface area contributed by atoms with Gasteiger partial charge in [0.2, 0.25) is 0 Å². The van der Waals surface area contributed by atoms with Crippen molar-refractivity contribution in [3.05, 3.63) is 78.6 Å². The van der Waals surface area contributed by atoms with Gasteiger partial charge in [-0.15, -0.1) is 0 Å². The quantitative estimate of drug-likeness (QED) is 0.698. The van der Waals surface area contributed by atoms with Crippen molar-refractivity contribution in [3.63, 3.8) is 0 Å². The second-order valence-electron chi connectivity index (χ2n) is 5.30. The molecule has 0 unspecified atom stereocenters. The van der Waals surface area contributed by atoms with E-state index in [0.29, 0.717) is 23.7 Å². The standard InChI is InChI=1S/C20H19N3O2/c1-2-25-19-11-7-6-10-17(19)23-20(24)18-14-16(12-13-21-18)22-15-8-4-3-5-9-15/h3-14H,2H2,1H3,(H,21,22)(H,23,24). The van der Waals surface area contributed by atoms with Gasteiger partial charge < -0.3 is 15.4 Å². The average Bonchev–Trinajstić information content (AvgIpc) is 2.64. The summed E-state index contributed by atoms with van der Waals surface area (Å²) < 4.78 is 5.53. The Hall–Kier alpha value is -3.34. The number of ether oxygens (including phenoxy) is 1. The lowest BCUT2D eigenvalue weighted by Crippen LogP contribution is -2.14. The van der Waals surface area contributed by atoms with Crippen molar-refractivity contribution in [3.8, 4) is 5.75 Å². The number of carbonyl (C=O) groups excluding carboxylic acids is 1. The molecule has 0 saturated carbocycles. The van der Waals surface area contributed by atoms with Gasteiger partial charge in [-0.1, -0.05) is 30.3 Å². The number of nitrogens with zero attached hydrogens (tertiary/aromatic N) is 1. The molecule has 3 aromatic rings. The summed E-state index contributed by atoms with van der Waals surface area (Å²) in [7, 11) is 0. The molecule has 0 radical (unpaired) electrons. The smallest absolute Gasteiger partial charge is 0.274 e. The molecule has 1 heterocycles. The summed E-state index contributed by atoms with van der Waals surface area (Å²) >= 11 is 0. The van der Waals surface area contributed by atoms with Gasteiger partial charge in [-0.25, -0.2) is 0 Å². The van der Waals surface area contributed by atoms with Gasteiger partial charge in [0.1, 0.15) is 11.4 Å². The Bertz CT molecular complexity index is 850. The van der Waals surface area contributed by atoms with Gasteiger partial charge in [0.15, 0.2) is 0 Å². The fourth-order valence-corrected chi connectivity index (χ4v) is 2.36. The molecule has 3 rings (SSSR count). The summed E-state index contributed by atoms with van der Waals surface area (Å²) in [4.78, 5) is 16.7. The second kappa shape index (κ2) is 7.97. The lowest BCUT2D eigenvalue weighted by molar-refractivity contribution is 0.102. The molecule has 0 bridgehead atoms. The molecule has 2 N–H and O–H groups in total. The molecule has 0 aliphatic carbocycles. The Morgan fingerprint density at radius 3 is 2.56 bits per heavy atom. The molecule has 0 atom stereocenters. The minimum atomic E-state index is -0.288.